The molecule has 0 aliphatic heterocycles. The van der Waals surface area contributed by atoms with E-state index < -0.39 is 0 Å². The van der Waals surface area contributed by atoms with Crippen molar-refractivity contribution in [3.63, 3.8) is 0 Å². The van der Waals surface area contributed by atoms with Crippen molar-refractivity contribution < 1.29 is 9.53 Å². The summed E-state index contributed by atoms with van der Waals surface area (Å²) in [6, 6.07) is 7.56. The highest BCUT2D eigenvalue weighted by atomic mass is 16.5. The van der Waals surface area contributed by atoms with Gasteiger partial charge in [0.25, 0.3) is 5.91 Å². The number of hydrogen-bond acceptors (Lipinski definition) is 5. The van der Waals surface area contributed by atoms with Crippen LogP contribution in [0.4, 0.5) is 0 Å². The molecule has 1 aromatic carbocycles. The summed E-state index contributed by atoms with van der Waals surface area (Å²) in [5.74, 6) is 1.13. The van der Waals surface area contributed by atoms with Crippen molar-refractivity contribution in [3.8, 4) is 11.4 Å². The molecule has 0 spiro atoms. The maximum atomic E-state index is 12.0. The molecule has 7 nitrogen and oxygen atoms in total. The molecule has 0 unspecified atom stereocenters. The van der Waals surface area contributed by atoms with Gasteiger partial charge >= 0.3 is 0 Å². The van der Waals surface area contributed by atoms with E-state index in [0.29, 0.717) is 11.7 Å². The molecule has 0 radical (unpaired) electrons. The topological polar surface area (TPSA) is 81.9 Å². The van der Waals surface area contributed by atoms with Gasteiger partial charge in [-0.2, -0.15) is 0 Å². The molecule has 1 saturated carbocycles. The molecule has 1 aliphatic rings. The largest absolute Gasteiger partial charge is 0.484 e. The minimum atomic E-state index is -0.0618. The number of rotatable bonds is 5. The Morgan fingerprint density at radius 2 is 2.09 bits per heavy atom. The van der Waals surface area contributed by atoms with Crippen LogP contribution in [0.3, 0.4) is 0 Å². The quantitative estimate of drug-likeness (QED) is 0.909. The number of nitrogens with one attached hydrogen (secondary N) is 1. The molecule has 2 aromatic rings. The Morgan fingerprint density at radius 3 is 2.78 bits per heavy atom. The van der Waals surface area contributed by atoms with Gasteiger partial charge in [0.2, 0.25) is 0 Å². The van der Waals surface area contributed by atoms with Crippen molar-refractivity contribution in [2.24, 2.45) is 5.92 Å². The molecule has 1 N–H and O–H groups in total. The SMILES string of the molecule is C[C@@H]1CCCC[C@@H]1NC(=O)COc1ccc(-n2cnnn2)cc1. The number of nitrogens with zero attached hydrogens (tertiary/aromatic N) is 4. The minimum Gasteiger partial charge on any atom is -0.484 e. The third-order valence-electron chi connectivity index (χ3n) is 4.28. The number of benzene rings is 1. The summed E-state index contributed by atoms with van der Waals surface area (Å²) in [5.41, 5.74) is 0.836. The Morgan fingerprint density at radius 1 is 1.30 bits per heavy atom. The van der Waals surface area contributed by atoms with Crippen LogP contribution in [0.5, 0.6) is 5.75 Å². The van der Waals surface area contributed by atoms with Crippen molar-refractivity contribution in [2.75, 3.05) is 6.61 Å². The average Bonchev–Trinajstić information content (AvgIpc) is 3.10. The second-order valence-electron chi connectivity index (χ2n) is 5.97. The van der Waals surface area contributed by atoms with Gasteiger partial charge in [0.1, 0.15) is 12.1 Å². The van der Waals surface area contributed by atoms with Crippen LogP contribution < -0.4 is 10.1 Å². The molecular formula is C16H21N5O2. The van der Waals surface area contributed by atoms with E-state index in [1.165, 1.54) is 25.6 Å². The summed E-state index contributed by atoms with van der Waals surface area (Å²) in [7, 11) is 0. The van der Waals surface area contributed by atoms with Crippen LogP contribution in [0.15, 0.2) is 30.6 Å². The highest BCUT2D eigenvalue weighted by molar-refractivity contribution is 5.77. The first kappa shape index (κ1) is 15.5. The Hall–Kier alpha value is -2.44. The van der Waals surface area contributed by atoms with Crippen LogP contribution in [0, 0.1) is 5.92 Å². The van der Waals surface area contributed by atoms with E-state index in [0.717, 1.165) is 12.1 Å². The van der Waals surface area contributed by atoms with Gasteiger partial charge in [0.05, 0.1) is 5.69 Å². The van der Waals surface area contributed by atoms with Gasteiger partial charge in [-0.05, 0) is 53.5 Å². The lowest BCUT2D eigenvalue weighted by molar-refractivity contribution is -0.124. The molecule has 3 rings (SSSR count). The highest BCUT2D eigenvalue weighted by Gasteiger charge is 2.22. The predicted octanol–water partition coefficient (Wildman–Crippen LogP) is 1.74. The van der Waals surface area contributed by atoms with Crippen molar-refractivity contribution in [3.05, 3.63) is 30.6 Å². The molecular weight excluding hydrogens is 294 g/mol. The maximum Gasteiger partial charge on any atom is 0.258 e. The Bertz CT molecular complexity index is 626. The summed E-state index contributed by atoms with van der Waals surface area (Å²) in [5, 5.41) is 14.1. The molecule has 7 heteroatoms. The lowest BCUT2D eigenvalue weighted by Crippen LogP contribution is -2.43. The fourth-order valence-electron chi connectivity index (χ4n) is 2.90. The van der Waals surface area contributed by atoms with Gasteiger partial charge in [-0.15, -0.1) is 5.10 Å². The van der Waals surface area contributed by atoms with Crippen LogP contribution in [0.25, 0.3) is 5.69 Å². The first-order valence-electron chi connectivity index (χ1n) is 7.98. The fraction of sp³-hybridized carbons (Fsp3) is 0.500. The summed E-state index contributed by atoms with van der Waals surface area (Å²) in [6.45, 7) is 2.23. The molecule has 1 heterocycles. The molecule has 1 aromatic heterocycles. The number of amides is 1. The number of aromatic nitrogens is 4. The number of carbonyl (C=O) groups is 1. The standard InChI is InChI=1S/C16H21N5O2/c1-12-4-2-3-5-15(12)18-16(22)10-23-14-8-6-13(7-9-14)21-11-17-19-20-21/h6-9,11-12,15H,2-5,10H2,1H3,(H,18,22)/t12-,15+/m1/s1. The van der Waals surface area contributed by atoms with Crippen LogP contribution in [0.2, 0.25) is 0 Å². The Balaban J connectivity index is 1.49. The van der Waals surface area contributed by atoms with E-state index >= 15 is 0 Å². The number of ether oxygens (including phenoxy) is 1. The van der Waals surface area contributed by atoms with Crippen LogP contribution >= 0.6 is 0 Å². The minimum absolute atomic E-state index is 0.0352. The van der Waals surface area contributed by atoms with E-state index in [-0.39, 0.29) is 18.6 Å². The molecule has 0 bridgehead atoms. The molecule has 2 atom stereocenters. The first-order chi connectivity index (χ1) is 11.2. The van der Waals surface area contributed by atoms with E-state index in [1.54, 1.807) is 16.8 Å². The third kappa shape index (κ3) is 4.06. The highest BCUT2D eigenvalue weighted by Crippen LogP contribution is 2.23. The number of tetrazole rings is 1. The van der Waals surface area contributed by atoms with E-state index in [2.05, 4.69) is 27.8 Å². The summed E-state index contributed by atoms with van der Waals surface area (Å²) < 4.78 is 7.10. The van der Waals surface area contributed by atoms with Gasteiger partial charge in [0.15, 0.2) is 6.61 Å². The fourth-order valence-corrected chi connectivity index (χ4v) is 2.90. The van der Waals surface area contributed by atoms with Crippen LogP contribution in [0.1, 0.15) is 32.6 Å². The summed E-state index contributed by atoms with van der Waals surface area (Å²) >= 11 is 0. The third-order valence-corrected chi connectivity index (χ3v) is 4.28. The molecule has 1 amide bonds. The van der Waals surface area contributed by atoms with E-state index in [4.69, 9.17) is 4.74 Å². The van der Waals surface area contributed by atoms with Gasteiger partial charge < -0.3 is 10.1 Å². The number of carbonyl (C=O) groups excluding carboxylic acids is 1. The normalized spacial score (nSPS) is 20.9. The van der Waals surface area contributed by atoms with E-state index in [1.807, 2.05) is 12.1 Å². The summed E-state index contributed by atoms with van der Waals surface area (Å²) in [6.07, 6.45) is 6.22. The van der Waals surface area contributed by atoms with Crippen molar-refractivity contribution >= 4 is 5.91 Å². The summed E-state index contributed by atoms with van der Waals surface area (Å²) in [4.78, 5) is 12.0. The molecule has 122 valence electrons. The van der Waals surface area contributed by atoms with Crippen LogP contribution in [-0.4, -0.2) is 38.8 Å². The smallest absolute Gasteiger partial charge is 0.258 e. The van der Waals surface area contributed by atoms with Crippen molar-refractivity contribution in [1.82, 2.24) is 25.5 Å². The molecule has 0 saturated heterocycles. The molecule has 1 aliphatic carbocycles. The monoisotopic (exact) mass is 315 g/mol. The lowest BCUT2D eigenvalue weighted by Gasteiger charge is -2.29. The number of hydrogen-bond donors (Lipinski definition) is 1. The van der Waals surface area contributed by atoms with Crippen molar-refractivity contribution in [2.45, 2.75) is 38.6 Å². The predicted molar refractivity (Wildman–Crippen MR) is 84.2 cm³/mol. The average molecular weight is 315 g/mol. The van der Waals surface area contributed by atoms with Gasteiger partial charge in [-0.1, -0.05) is 19.8 Å². The maximum absolute atomic E-state index is 12.0. The zero-order chi connectivity index (χ0) is 16.1. The zero-order valence-corrected chi connectivity index (χ0v) is 13.2. The van der Waals surface area contributed by atoms with Crippen molar-refractivity contribution in [1.29, 1.82) is 0 Å². The second-order valence-corrected chi connectivity index (χ2v) is 5.97. The molecule has 1 fully saturated rings. The lowest BCUT2D eigenvalue weighted by atomic mass is 9.86. The Kier molecular flexibility index (Phi) is 4.85. The van der Waals surface area contributed by atoms with Crippen LogP contribution in [-0.2, 0) is 4.79 Å². The molecule has 23 heavy (non-hydrogen) atoms. The van der Waals surface area contributed by atoms with Gasteiger partial charge in [0, 0.05) is 6.04 Å². The second kappa shape index (κ2) is 7.21. The first-order valence-corrected chi connectivity index (χ1v) is 7.98. The van der Waals surface area contributed by atoms with Gasteiger partial charge in [-0.3, -0.25) is 4.79 Å². The van der Waals surface area contributed by atoms with Gasteiger partial charge in [-0.25, -0.2) is 4.68 Å². The Labute approximate surface area is 135 Å². The van der Waals surface area contributed by atoms with E-state index in [9.17, 15) is 4.79 Å². The zero-order valence-electron chi connectivity index (χ0n) is 13.2.